The van der Waals surface area contributed by atoms with Crippen LogP contribution in [0.2, 0.25) is 0 Å². The summed E-state index contributed by atoms with van der Waals surface area (Å²) < 4.78 is 31.8. The van der Waals surface area contributed by atoms with Crippen molar-refractivity contribution in [3.63, 3.8) is 0 Å². The molecule has 1 rings (SSSR count). The van der Waals surface area contributed by atoms with Gasteiger partial charge in [0.2, 0.25) is 10.0 Å². The van der Waals surface area contributed by atoms with E-state index in [1.165, 1.54) is 19.2 Å². The number of esters is 1. The highest BCUT2D eigenvalue weighted by Crippen LogP contribution is 2.17. The van der Waals surface area contributed by atoms with Crippen LogP contribution in [0.5, 0.6) is 0 Å². The molecule has 0 heterocycles. The second-order valence-corrected chi connectivity index (χ2v) is 6.84. The van der Waals surface area contributed by atoms with E-state index in [-0.39, 0.29) is 22.4 Å². The molecule has 0 aliphatic heterocycles. The molecule has 0 saturated carbocycles. The van der Waals surface area contributed by atoms with Gasteiger partial charge in [-0.1, -0.05) is 19.9 Å². The third kappa shape index (κ3) is 3.80. The van der Waals surface area contributed by atoms with Gasteiger partial charge in [-0.2, -0.15) is 0 Å². The number of sulfonamides is 1. The van der Waals surface area contributed by atoms with E-state index < -0.39 is 16.0 Å². The quantitative estimate of drug-likeness (QED) is 0.845. The summed E-state index contributed by atoms with van der Waals surface area (Å²) in [6.45, 7) is 7.40. The van der Waals surface area contributed by atoms with Gasteiger partial charge in [-0.25, -0.2) is 17.9 Å². The fourth-order valence-electron chi connectivity index (χ4n) is 1.55. The van der Waals surface area contributed by atoms with E-state index in [4.69, 9.17) is 0 Å². The second kappa shape index (κ2) is 6.37. The van der Waals surface area contributed by atoms with Crippen LogP contribution in [0, 0.1) is 12.8 Å². The molecule has 1 aromatic rings. The monoisotopic (exact) mass is 299 g/mol. The maximum Gasteiger partial charge on any atom is 0.338 e. The highest BCUT2D eigenvalue weighted by Gasteiger charge is 2.21. The first kappa shape index (κ1) is 16.7. The lowest BCUT2D eigenvalue weighted by atomic mass is 10.1. The maximum atomic E-state index is 12.3. The maximum absolute atomic E-state index is 12.3. The first-order chi connectivity index (χ1) is 9.19. The van der Waals surface area contributed by atoms with Crippen LogP contribution in [0.3, 0.4) is 0 Å². The number of nitrogens with one attached hydrogen (secondary N) is 1. The highest BCUT2D eigenvalue weighted by atomic mass is 32.2. The predicted molar refractivity (Wildman–Crippen MR) is 77.1 cm³/mol. The van der Waals surface area contributed by atoms with E-state index in [9.17, 15) is 13.2 Å². The molecule has 0 bridgehead atoms. The fraction of sp³-hybridized carbons (Fsp3) is 0.500. The molecule has 0 aliphatic carbocycles. The number of methoxy groups -OCH3 is 1. The number of rotatable bonds is 5. The van der Waals surface area contributed by atoms with Crippen LogP contribution in [0.1, 0.15) is 36.7 Å². The van der Waals surface area contributed by atoms with Crippen molar-refractivity contribution in [3.05, 3.63) is 29.3 Å². The van der Waals surface area contributed by atoms with Gasteiger partial charge >= 0.3 is 5.97 Å². The van der Waals surface area contributed by atoms with Crippen molar-refractivity contribution in [2.24, 2.45) is 5.92 Å². The summed E-state index contributed by atoms with van der Waals surface area (Å²) >= 11 is 0. The van der Waals surface area contributed by atoms with Crippen LogP contribution in [-0.2, 0) is 14.8 Å². The summed E-state index contributed by atoms with van der Waals surface area (Å²) in [5, 5.41) is 0. The van der Waals surface area contributed by atoms with Crippen LogP contribution in [0.4, 0.5) is 0 Å². The molecule has 1 atom stereocenters. The van der Waals surface area contributed by atoms with Crippen molar-refractivity contribution in [3.8, 4) is 0 Å². The average molecular weight is 299 g/mol. The Balaban J connectivity index is 3.17. The Labute approximate surface area is 120 Å². The van der Waals surface area contributed by atoms with E-state index in [2.05, 4.69) is 9.46 Å². The van der Waals surface area contributed by atoms with Crippen LogP contribution in [-0.4, -0.2) is 27.5 Å². The molecule has 1 unspecified atom stereocenters. The number of benzene rings is 1. The van der Waals surface area contributed by atoms with Crippen LogP contribution in [0.15, 0.2) is 23.1 Å². The zero-order valence-electron chi connectivity index (χ0n) is 12.4. The molecule has 6 heteroatoms. The Bertz CT molecular complexity index is 593. The lowest BCUT2D eigenvalue weighted by molar-refractivity contribution is 0.0599. The Morgan fingerprint density at radius 3 is 2.35 bits per heavy atom. The van der Waals surface area contributed by atoms with Crippen LogP contribution in [0.25, 0.3) is 0 Å². The van der Waals surface area contributed by atoms with Crippen molar-refractivity contribution in [2.75, 3.05) is 7.11 Å². The number of aryl methyl sites for hydroxylation is 1. The first-order valence-electron chi connectivity index (χ1n) is 6.40. The third-order valence-corrected chi connectivity index (χ3v) is 4.82. The minimum absolute atomic E-state index is 0.0657. The average Bonchev–Trinajstić information content (AvgIpc) is 2.37. The lowest BCUT2D eigenvalue weighted by Crippen LogP contribution is -2.36. The summed E-state index contributed by atoms with van der Waals surface area (Å²) in [6.07, 6.45) is 0. The van der Waals surface area contributed by atoms with Gasteiger partial charge in [0.1, 0.15) is 0 Å². The van der Waals surface area contributed by atoms with Gasteiger partial charge in [0.05, 0.1) is 17.6 Å². The molecule has 1 aromatic carbocycles. The molecule has 0 amide bonds. The summed E-state index contributed by atoms with van der Waals surface area (Å²) in [7, 11) is -2.38. The van der Waals surface area contributed by atoms with Crippen molar-refractivity contribution < 1.29 is 17.9 Å². The minimum atomic E-state index is -3.64. The standard InChI is InChI=1S/C14H21NO4S/c1-9(2)11(4)15-20(17,18)12-7-6-10(3)13(8-12)14(16)19-5/h6-9,11,15H,1-5H3. The molecular formula is C14H21NO4S. The zero-order valence-corrected chi connectivity index (χ0v) is 13.2. The minimum Gasteiger partial charge on any atom is -0.465 e. The van der Waals surface area contributed by atoms with Crippen molar-refractivity contribution >= 4 is 16.0 Å². The Morgan fingerprint density at radius 2 is 1.85 bits per heavy atom. The van der Waals surface area contributed by atoms with E-state index in [1.54, 1.807) is 19.9 Å². The first-order valence-corrected chi connectivity index (χ1v) is 7.88. The van der Waals surface area contributed by atoms with Gasteiger partial charge in [-0.15, -0.1) is 0 Å². The number of hydrogen-bond donors (Lipinski definition) is 1. The van der Waals surface area contributed by atoms with E-state index in [0.717, 1.165) is 0 Å². The zero-order chi connectivity index (χ0) is 15.5. The second-order valence-electron chi connectivity index (χ2n) is 5.12. The van der Waals surface area contributed by atoms with Gasteiger partial charge in [0, 0.05) is 6.04 Å². The van der Waals surface area contributed by atoms with Gasteiger partial charge in [0.25, 0.3) is 0 Å². The molecule has 0 aromatic heterocycles. The van der Waals surface area contributed by atoms with E-state index in [0.29, 0.717) is 5.56 Å². The summed E-state index contributed by atoms with van der Waals surface area (Å²) in [5.41, 5.74) is 0.931. The molecule has 0 aliphatic rings. The number of hydrogen-bond acceptors (Lipinski definition) is 4. The molecule has 0 saturated heterocycles. The molecular weight excluding hydrogens is 278 g/mol. The topological polar surface area (TPSA) is 72.5 Å². The van der Waals surface area contributed by atoms with Gasteiger partial charge in [0.15, 0.2) is 0 Å². The van der Waals surface area contributed by atoms with Crippen molar-refractivity contribution in [1.82, 2.24) is 4.72 Å². The lowest BCUT2D eigenvalue weighted by Gasteiger charge is -2.18. The molecule has 5 nitrogen and oxygen atoms in total. The Morgan fingerprint density at radius 1 is 1.25 bits per heavy atom. The summed E-state index contributed by atoms with van der Waals surface area (Å²) in [4.78, 5) is 11.7. The van der Waals surface area contributed by atoms with Crippen molar-refractivity contribution in [2.45, 2.75) is 38.6 Å². The summed E-state index contributed by atoms with van der Waals surface area (Å²) in [6, 6.07) is 4.23. The van der Waals surface area contributed by atoms with Gasteiger partial charge in [-0.3, -0.25) is 0 Å². The summed E-state index contributed by atoms with van der Waals surface area (Å²) in [5.74, 6) is -0.369. The number of carbonyl (C=O) groups excluding carboxylic acids is 1. The Hall–Kier alpha value is -1.40. The molecule has 0 fully saturated rings. The van der Waals surface area contributed by atoms with Gasteiger partial charge in [-0.05, 0) is 37.5 Å². The van der Waals surface area contributed by atoms with E-state index >= 15 is 0 Å². The number of carbonyl (C=O) groups is 1. The van der Waals surface area contributed by atoms with Gasteiger partial charge < -0.3 is 4.74 Å². The highest BCUT2D eigenvalue weighted by molar-refractivity contribution is 7.89. The Kier molecular flexibility index (Phi) is 5.30. The third-order valence-electron chi connectivity index (χ3n) is 3.27. The largest absolute Gasteiger partial charge is 0.465 e. The van der Waals surface area contributed by atoms with Crippen LogP contribution >= 0.6 is 0 Å². The normalized spacial score (nSPS) is 13.3. The SMILES string of the molecule is COC(=O)c1cc(S(=O)(=O)NC(C)C(C)C)ccc1C. The van der Waals surface area contributed by atoms with Crippen LogP contribution < -0.4 is 4.72 Å². The number of ether oxygens (including phenoxy) is 1. The van der Waals surface area contributed by atoms with Crippen molar-refractivity contribution in [1.29, 1.82) is 0 Å². The molecule has 0 spiro atoms. The molecule has 112 valence electrons. The molecule has 0 radical (unpaired) electrons. The fourth-order valence-corrected chi connectivity index (χ4v) is 2.96. The molecule has 1 N–H and O–H groups in total. The van der Waals surface area contributed by atoms with E-state index in [1.807, 2.05) is 13.8 Å². The predicted octanol–water partition coefficient (Wildman–Crippen LogP) is 2.10. The smallest absolute Gasteiger partial charge is 0.338 e. The molecule has 20 heavy (non-hydrogen) atoms.